The molecule has 1 fully saturated rings. The van der Waals surface area contributed by atoms with E-state index in [1.165, 1.54) is 0 Å². The number of furan rings is 1. The second kappa shape index (κ2) is 3.84. The fourth-order valence-electron chi connectivity index (χ4n) is 1.41. The number of carbonyl (C=O) groups excluding carboxylic acids is 1. The van der Waals surface area contributed by atoms with E-state index in [-0.39, 0.29) is 17.9 Å². The molecular formula is C10H14N2O2. The zero-order valence-corrected chi connectivity index (χ0v) is 7.90. The zero-order chi connectivity index (χ0) is 9.97. The van der Waals surface area contributed by atoms with Gasteiger partial charge < -0.3 is 15.5 Å². The van der Waals surface area contributed by atoms with Crippen molar-refractivity contribution >= 4 is 5.91 Å². The third kappa shape index (κ3) is 2.14. The molecule has 1 aliphatic carbocycles. The van der Waals surface area contributed by atoms with E-state index in [2.05, 4.69) is 5.32 Å². The van der Waals surface area contributed by atoms with E-state index in [9.17, 15) is 4.79 Å². The highest BCUT2D eigenvalue weighted by atomic mass is 16.3. The van der Waals surface area contributed by atoms with Crippen LogP contribution in [-0.4, -0.2) is 18.5 Å². The standard InChI is InChI=1S/C10H14N2O2/c11-9-6-8(9)10(13)12-4-3-7-2-1-5-14-7/h1-2,5,8-9H,3-4,6,11H2,(H,12,13). The first kappa shape index (κ1) is 9.27. The molecule has 1 heterocycles. The molecule has 2 rings (SSSR count). The molecule has 2 atom stereocenters. The molecule has 1 aromatic rings. The maximum absolute atomic E-state index is 11.3. The largest absolute Gasteiger partial charge is 0.469 e. The van der Waals surface area contributed by atoms with Gasteiger partial charge in [-0.1, -0.05) is 0 Å². The Balaban J connectivity index is 1.66. The minimum atomic E-state index is 0.0478. The number of carbonyl (C=O) groups is 1. The normalized spacial score (nSPS) is 24.6. The highest BCUT2D eigenvalue weighted by Gasteiger charge is 2.39. The van der Waals surface area contributed by atoms with Crippen LogP contribution in [0, 0.1) is 5.92 Å². The second-order valence-electron chi connectivity index (χ2n) is 3.63. The van der Waals surface area contributed by atoms with Crippen LogP contribution in [0.3, 0.4) is 0 Å². The molecule has 0 saturated heterocycles. The summed E-state index contributed by atoms with van der Waals surface area (Å²) in [6.07, 6.45) is 3.20. The van der Waals surface area contributed by atoms with Gasteiger partial charge in [0.05, 0.1) is 12.2 Å². The first-order valence-electron chi connectivity index (χ1n) is 4.83. The Bertz CT molecular complexity index is 308. The van der Waals surface area contributed by atoms with Gasteiger partial charge >= 0.3 is 0 Å². The summed E-state index contributed by atoms with van der Waals surface area (Å²) in [6, 6.07) is 3.82. The lowest BCUT2D eigenvalue weighted by atomic mass is 10.3. The zero-order valence-electron chi connectivity index (χ0n) is 7.90. The van der Waals surface area contributed by atoms with E-state index in [0.717, 1.165) is 18.6 Å². The molecule has 0 spiro atoms. The van der Waals surface area contributed by atoms with Crippen LogP contribution in [0.1, 0.15) is 12.2 Å². The topological polar surface area (TPSA) is 68.3 Å². The van der Waals surface area contributed by atoms with E-state index < -0.39 is 0 Å². The fraction of sp³-hybridized carbons (Fsp3) is 0.500. The third-order valence-corrected chi connectivity index (χ3v) is 2.43. The Morgan fingerprint density at radius 3 is 3.07 bits per heavy atom. The van der Waals surface area contributed by atoms with Crippen LogP contribution in [0.4, 0.5) is 0 Å². The van der Waals surface area contributed by atoms with Crippen molar-refractivity contribution in [3.05, 3.63) is 24.2 Å². The van der Waals surface area contributed by atoms with Crippen molar-refractivity contribution in [1.82, 2.24) is 5.32 Å². The minimum Gasteiger partial charge on any atom is -0.469 e. The summed E-state index contributed by atoms with van der Waals surface area (Å²) in [4.78, 5) is 11.3. The van der Waals surface area contributed by atoms with Crippen LogP contribution in [0.25, 0.3) is 0 Å². The lowest BCUT2D eigenvalue weighted by Gasteiger charge is -2.01. The van der Waals surface area contributed by atoms with Crippen molar-refractivity contribution in [2.75, 3.05) is 6.54 Å². The van der Waals surface area contributed by atoms with Crippen LogP contribution in [0.2, 0.25) is 0 Å². The molecular weight excluding hydrogens is 180 g/mol. The van der Waals surface area contributed by atoms with Crippen LogP contribution >= 0.6 is 0 Å². The number of amides is 1. The molecule has 14 heavy (non-hydrogen) atoms. The minimum absolute atomic E-state index is 0.0478. The summed E-state index contributed by atoms with van der Waals surface area (Å²) in [6.45, 7) is 0.621. The number of hydrogen-bond acceptors (Lipinski definition) is 3. The smallest absolute Gasteiger partial charge is 0.224 e. The molecule has 76 valence electrons. The maximum atomic E-state index is 11.3. The molecule has 1 aliphatic rings. The number of nitrogens with two attached hydrogens (primary N) is 1. The molecule has 3 N–H and O–H groups in total. The highest BCUT2D eigenvalue weighted by molar-refractivity contribution is 5.82. The predicted octanol–water partition coefficient (Wildman–Crippen LogP) is 0.285. The highest BCUT2D eigenvalue weighted by Crippen LogP contribution is 2.27. The summed E-state index contributed by atoms with van der Waals surface area (Å²) in [5.41, 5.74) is 5.55. The molecule has 4 nitrogen and oxygen atoms in total. The first-order valence-corrected chi connectivity index (χ1v) is 4.83. The Kier molecular flexibility index (Phi) is 2.54. The van der Waals surface area contributed by atoms with Gasteiger partial charge in [-0.25, -0.2) is 0 Å². The Labute approximate surface area is 82.5 Å². The van der Waals surface area contributed by atoms with Gasteiger partial charge in [0.25, 0.3) is 0 Å². The van der Waals surface area contributed by atoms with E-state index >= 15 is 0 Å². The fourth-order valence-corrected chi connectivity index (χ4v) is 1.41. The van der Waals surface area contributed by atoms with E-state index in [1.807, 2.05) is 12.1 Å². The van der Waals surface area contributed by atoms with Gasteiger partial charge in [-0.2, -0.15) is 0 Å². The van der Waals surface area contributed by atoms with E-state index in [4.69, 9.17) is 10.2 Å². The van der Waals surface area contributed by atoms with Gasteiger partial charge in [-0.05, 0) is 18.6 Å². The molecule has 1 saturated carbocycles. The molecule has 1 aromatic heterocycles. The Morgan fingerprint density at radius 1 is 1.71 bits per heavy atom. The second-order valence-corrected chi connectivity index (χ2v) is 3.63. The van der Waals surface area contributed by atoms with Crippen LogP contribution in [0.15, 0.2) is 22.8 Å². The van der Waals surface area contributed by atoms with Gasteiger partial charge in [0, 0.05) is 19.0 Å². The molecule has 0 aliphatic heterocycles. The van der Waals surface area contributed by atoms with Crippen LogP contribution in [-0.2, 0) is 11.2 Å². The van der Waals surface area contributed by atoms with Crippen molar-refractivity contribution in [2.24, 2.45) is 11.7 Å². The van der Waals surface area contributed by atoms with Crippen molar-refractivity contribution in [2.45, 2.75) is 18.9 Å². The van der Waals surface area contributed by atoms with Crippen molar-refractivity contribution in [3.63, 3.8) is 0 Å². The lowest BCUT2D eigenvalue weighted by Crippen LogP contribution is -2.29. The number of hydrogen-bond donors (Lipinski definition) is 2. The summed E-state index contributed by atoms with van der Waals surface area (Å²) in [5, 5.41) is 2.83. The molecule has 2 unspecified atom stereocenters. The summed E-state index contributed by atoms with van der Waals surface area (Å²) >= 11 is 0. The SMILES string of the molecule is NC1CC1C(=O)NCCc1ccco1. The van der Waals surface area contributed by atoms with E-state index in [1.54, 1.807) is 6.26 Å². The van der Waals surface area contributed by atoms with Gasteiger partial charge in [0.15, 0.2) is 0 Å². The van der Waals surface area contributed by atoms with Gasteiger partial charge in [-0.3, -0.25) is 4.79 Å². The molecule has 4 heteroatoms. The van der Waals surface area contributed by atoms with E-state index in [0.29, 0.717) is 6.54 Å². The lowest BCUT2D eigenvalue weighted by molar-refractivity contribution is -0.122. The summed E-state index contributed by atoms with van der Waals surface area (Å²) in [5.74, 6) is 1.01. The van der Waals surface area contributed by atoms with Gasteiger partial charge in [-0.15, -0.1) is 0 Å². The molecule has 1 amide bonds. The Hall–Kier alpha value is -1.29. The van der Waals surface area contributed by atoms with Gasteiger partial charge in [0.1, 0.15) is 5.76 Å². The number of nitrogens with one attached hydrogen (secondary N) is 1. The first-order chi connectivity index (χ1) is 6.77. The quantitative estimate of drug-likeness (QED) is 0.723. The van der Waals surface area contributed by atoms with Crippen molar-refractivity contribution in [3.8, 4) is 0 Å². The monoisotopic (exact) mass is 194 g/mol. The van der Waals surface area contributed by atoms with Gasteiger partial charge in [0.2, 0.25) is 5.91 Å². The van der Waals surface area contributed by atoms with Crippen molar-refractivity contribution < 1.29 is 9.21 Å². The molecule has 0 bridgehead atoms. The average Bonchev–Trinajstić information content (AvgIpc) is 2.68. The third-order valence-electron chi connectivity index (χ3n) is 2.43. The molecule has 0 radical (unpaired) electrons. The average molecular weight is 194 g/mol. The van der Waals surface area contributed by atoms with Crippen LogP contribution < -0.4 is 11.1 Å². The Morgan fingerprint density at radius 2 is 2.50 bits per heavy atom. The number of rotatable bonds is 4. The summed E-state index contributed by atoms with van der Waals surface area (Å²) in [7, 11) is 0. The maximum Gasteiger partial charge on any atom is 0.224 e. The predicted molar refractivity (Wildman–Crippen MR) is 51.5 cm³/mol. The van der Waals surface area contributed by atoms with Crippen molar-refractivity contribution in [1.29, 1.82) is 0 Å². The summed E-state index contributed by atoms with van der Waals surface area (Å²) < 4.78 is 5.14. The molecule has 0 aromatic carbocycles. The van der Waals surface area contributed by atoms with Crippen LogP contribution in [0.5, 0.6) is 0 Å².